The van der Waals surface area contributed by atoms with Gasteiger partial charge in [-0.05, 0) is 42.7 Å². The summed E-state index contributed by atoms with van der Waals surface area (Å²) in [6.45, 7) is 10.0. The van der Waals surface area contributed by atoms with E-state index in [4.69, 9.17) is 4.74 Å². The summed E-state index contributed by atoms with van der Waals surface area (Å²) >= 11 is 0. The lowest BCUT2D eigenvalue weighted by Gasteiger charge is -2.36. The van der Waals surface area contributed by atoms with E-state index in [1.54, 1.807) is 13.2 Å². The molecule has 7 nitrogen and oxygen atoms in total. The van der Waals surface area contributed by atoms with Crippen LogP contribution in [0.2, 0.25) is 0 Å². The molecule has 172 valence electrons. The molecule has 1 saturated heterocycles. The van der Waals surface area contributed by atoms with Gasteiger partial charge in [0.05, 0.1) is 6.61 Å². The number of rotatable bonds is 8. The number of aryl methyl sites for hydroxylation is 1. The first-order chi connectivity index (χ1) is 14.6. The largest absolute Gasteiger partial charge is 0.383 e. The Labute approximate surface area is 185 Å². The van der Waals surface area contributed by atoms with Gasteiger partial charge in [0.1, 0.15) is 6.04 Å². The van der Waals surface area contributed by atoms with Gasteiger partial charge in [-0.2, -0.15) is 0 Å². The molecule has 1 atom stereocenters. The van der Waals surface area contributed by atoms with Gasteiger partial charge in [0.2, 0.25) is 11.8 Å². The van der Waals surface area contributed by atoms with Gasteiger partial charge < -0.3 is 20.3 Å². The van der Waals surface area contributed by atoms with E-state index in [9.17, 15) is 14.4 Å². The van der Waals surface area contributed by atoms with Crippen molar-refractivity contribution < 1.29 is 19.1 Å². The maximum absolute atomic E-state index is 12.9. The van der Waals surface area contributed by atoms with Crippen molar-refractivity contribution in [1.82, 2.24) is 15.5 Å². The van der Waals surface area contributed by atoms with Gasteiger partial charge in [0, 0.05) is 38.7 Å². The summed E-state index contributed by atoms with van der Waals surface area (Å²) in [6.07, 6.45) is 1.85. The highest BCUT2D eigenvalue weighted by atomic mass is 16.5. The molecule has 1 aliphatic heterocycles. The molecule has 31 heavy (non-hydrogen) atoms. The summed E-state index contributed by atoms with van der Waals surface area (Å²) in [5, 5.41) is 5.82. The number of benzene rings is 1. The van der Waals surface area contributed by atoms with E-state index in [1.165, 1.54) is 0 Å². The Hall–Kier alpha value is -2.41. The first kappa shape index (κ1) is 24.9. The van der Waals surface area contributed by atoms with Crippen molar-refractivity contribution in [3.8, 4) is 0 Å². The van der Waals surface area contributed by atoms with E-state index < -0.39 is 6.04 Å². The van der Waals surface area contributed by atoms with Crippen molar-refractivity contribution in [3.63, 3.8) is 0 Å². The highest BCUT2D eigenvalue weighted by Crippen LogP contribution is 2.25. The van der Waals surface area contributed by atoms with E-state index in [0.29, 0.717) is 51.1 Å². The molecule has 0 spiro atoms. The zero-order valence-corrected chi connectivity index (χ0v) is 19.5. The number of carbonyl (C=O) groups is 3. The Bertz CT molecular complexity index is 764. The summed E-state index contributed by atoms with van der Waals surface area (Å²) in [6, 6.07) is 6.68. The second-order valence-electron chi connectivity index (χ2n) is 9.51. The fourth-order valence-electron chi connectivity index (χ4n) is 3.88. The van der Waals surface area contributed by atoms with Crippen LogP contribution in [0.15, 0.2) is 24.3 Å². The zero-order chi connectivity index (χ0) is 23.0. The van der Waals surface area contributed by atoms with E-state index in [2.05, 4.69) is 31.4 Å². The van der Waals surface area contributed by atoms with Gasteiger partial charge in [0.25, 0.3) is 5.91 Å². The highest BCUT2D eigenvalue weighted by molar-refractivity contribution is 5.98. The van der Waals surface area contributed by atoms with Crippen molar-refractivity contribution in [3.05, 3.63) is 35.4 Å². The molecule has 0 saturated carbocycles. The summed E-state index contributed by atoms with van der Waals surface area (Å²) in [5.41, 5.74) is 1.37. The van der Waals surface area contributed by atoms with Crippen LogP contribution in [0.5, 0.6) is 0 Å². The first-order valence-electron chi connectivity index (χ1n) is 11.0. The predicted molar refractivity (Wildman–Crippen MR) is 121 cm³/mol. The number of piperidine rings is 1. The van der Waals surface area contributed by atoms with Crippen molar-refractivity contribution in [2.24, 2.45) is 11.3 Å². The average Bonchev–Trinajstić information content (AvgIpc) is 2.71. The Kier molecular flexibility index (Phi) is 9.04. The van der Waals surface area contributed by atoms with Crippen LogP contribution >= 0.6 is 0 Å². The van der Waals surface area contributed by atoms with Gasteiger partial charge >= 0.3 is 0 Å². The molecule has 2 N–H and O–H groups in total. The molecule has 1 aromatic rings. The molecule has 1 aromatic carbocycles. The minimum Gasteiger partial charge on any atom is -0.383 e. The lowest BCUT2D eigenvalue weighted by Crippen LogP contribution is -2.54. The standard InChI is InChI=1S/C24H37N3O4/c1-17-8-6-7-9-19(17)22(29)26-21(23(30)25-12-15-31-5)18-10-13-27(14-11-18)20(28)16-24(2,3)4/h6-9,18,21H,10-16H2,1-5H3,(H,25,30)(H,26,29). The smallest absolute Gasteiger partial charge is 0.252 e. The summed E-state index contributed by atoms with van der Waals surface area (Å²) < 4.78 is 5.02. The molecule has 1 heterocycles. The Morgan fingerprint density at radius 1 is 1.16 bits per heavy atom. The number of methoxy groups -OCH3 is 1. The third kappa shape index (κ3) is 7.65. The minimum absolute atomic E-state index is 0.0331. The molecule has 0 bridgehead atoms. The van der Waals surface area contributed by atoms with Gasteiger partial charge in [-0.1, -0.05) is 39.0 Å². The normalized spacial score (nSPS) is 16.0. The Morgan fingerprint density at radius 3 is 2.39 bits per heavy atom. The van der Waals surface area contributed by atoms with Crippen LogP contribution < -0.4 is 10.6 Å². The molecular weight excluding hydrogens is 394 g/mol. The monoisotopic (exact) mass is 431 g/mol. The SMILES string of the molecule is COCCNC(=O)C(NC(=O)c1ccccc1C)C1CCN(C(=O)CC(C)(C)C)CC1. The number of ether oxygens (including phenoxy) is 1. The van der Waals surface area contributed by atoms with Crippen LogP contribution in [0.3, 0.4) is 0 Å². The molecule has 7 heteroatoms. The van der Waals surface area contributed by atoms with Crippen molar-refractivity contribution in [2.75, 3.05) is 33.4 Å². The number of amides is 3. The van der Waals surface area contributed by atoms with Gasteiger partial charge in [-0.25, -0.2) is 0 Å². The molecule has 1 aliphatic rings. The van der Waals surface area contributed by atoms with Crippen LogP contribution in [-0.2, 0) is 14.3 Å². The number of nitrogens with zero attached hydrogens (tertiary/aromatic N) is 1. The van der Waals surface area contributed by atoms with Crippen LogP contribution in [0.1, 0.15) is 56.0 Å². The minimum atomic E-state index is -0.649. The van der Waals surface area contributed by atoms with Gasteiger partial charge in [-0.3, -0.25) is 14.4 Å². The second kappa shape index (κ2) is 11.3. The van der Waals surface area contributed by atoms with Crippen LogP contribution in [-0.4, -0.2) is 62.0 Å². The van der Waals surface area contributed by atoms with Crippen LogP contribution in [0.25, 0.3) is 0 Å². The number of hydrogen-bond acceptors (Lipinski definition) is 4. The van der Waals surface area contributed by atoms with E-state index in [0.717, 1.165) is 5.56 Å². The van der Waals surface area contributed by atoms with E-state index in [1.807, 2.05) is 30.0 Å². The van der Waals surface area contributed by atoms with Gasteiger partial charge in [0.15, 0.2) is 0 Å². The number of hydrogen-bond donors (Lipinski definition) is 2. The topological polar surface area (TPSA) is 87.7 Å². The molecular formula is C24H37N3O4. The van der Waals surface area contributed by atoms with Gasteiger partial charge in [-0.15, -0.1) is 0 Å². The fourth-order valence-corrected chi connectivity index (χ4v) is 3.88. The molecule has 0 radical (unpaired) electrons. The predicted octanol–water partition coefficient (Wildman–Crippen LogP) is 2.53. The summed E-state index contributed by atoms with van der Waals surface area (Å²) in [4.78, 5) is 40.3. The summed E-state index contributed by atoms with van der Waals surface area (Å²) in [5.74, 6) is -0.347. The van der Waals surface area contributed by atoms with Crippen molar-refractivity contribution in [1.29, 1.82) is 0 Å². The number of nitrogens with one attached hydrogen (secondary N) is 2. The Morgan fingerprint density at radius 2 is 1.81 bits per heavy atom. The molecule has 3 amide bonds. The summed E-state index contributed by atoms with van der Waals surface area (Å²) in [7, 11) is 1.58. The molecule has 2 rings (SSSR count). The first-order valence-corrected chi connectivity index (χ1v) is 11.0. The molecule has 1 fully saturated rings. The molecule has 0 aliphatic carbocycles. The lowest BCUT2D eigenvalue weighted by atomic mass is 9.87. The Balaban J connectivity index is 2.07. The third-order valence-electron chi connectivity index (χ3n) is 5.61. The van der Waals surface area contributed by atoms with Crippen molar-refractivity contribution >= 4 is 17.7 Å². The van der Waals surface area contributed by atoms with Crippen LogP contribution in [0, 0.1) is 18.3 Å². The maximum atomic E-state index is 12.9. The van der Waals surface area contributed by atoms with E-state index >= 15 is 0 Å². The highest BCUT2D eigenvalue weighted by Gasteiger charge is 2.34. The van der Waals surface area contributed by atoms with Crippen molar-refractivity contribution in [2.45, 2.75) is 53.0 Å². The number of likely N-dealkylation sites (tertiary alicyclic amines) is 1. The lowest BCUT2D eigenvalue weighted by molar-refractivity contribution is -0.134. The number of carbonyl (C=O) groups excluding carboxylic acids is 3. The zero-order valence-electron chi connectivity index (χ0n) is 19.5. The fraction of sp³-hybridized carbons (Fsp3) is 0.625. The van der Waals surface area contributed by atoms with E-state index in [-0.39, 0.29) is 29.1 Å². The quantitative estimate of drug-likeness (QED) is 0.619. The third-order valence-corrected chi connectivity index (χ3v) is 5.61. The van der Waals surface area contributed by atoms with Crippen LogP contribution in [0.4, 0.5) is 0 Å². The molecule has 1 unspecified atom stereocenters. The molecule has 0 aromatic heterocycles. The second-order valence-corrected chi connectivity index (χ2v) is 9.51. The maximum Gasteiger partial charge on any atom is 0.252 e. The average molecular weight is 432 g/mol.